The molecule has 0 spiro atoms. The molecule has 0 fully saturated rings. The molecule has 1 amide bonds. The zero-order chi connectivity index (χ0) is 22.5. The number of phenols is 1. The highest BCUT2D eigenvalue weighted by molar-refractivity contribution is 14.1. The predicted octanol–water partition coefficient (Wildman–Crippen LogP) is 5.58. The molecular formula is C19H22I2NO7P. The third-order valence-electron chi connectivity index (χ3n) is 3.47. The van der Waals surface area contributed by atoms with Gasteiger partial charge in [0, 0.05) is 0 Å². The van der Waals surface area contributed by atoms with Crippen molar-refractivity contribution >= 4 is 58.9 Å². The summed E-state index contributed by atoms with van der Waals surface area (Å²) in [6.07, 6.45) is -0.862. The third-order valence-corrected chi connectivity index (χ3v) is 6.24. The molecule has 0 radical (unpaired) electrons. The largest absolute Gasteiger partial charge is 0.508 e. The Morgan fingerprint density at radius 1 is 1.13 bits per heavy atom. The maximum Gasteiger partial charge on any atom is 0.432 e. The summed E-state index contributed by atoms with van der Waals surface area (Å²) in [6.45, 7) is 5.01. The van der Waals surface area contributed by atoms with Gasteiger partial charge in [-0.25, -0.2) is 4.79 Å². The summed E-state index contributed by atoms with van der Waals surface area (Å²) < 4.78 is 29.3. The van der Waals surface area contributed by atoms with Gasteiger partial charge < -0.3 is 19.5 Å². The molecule has 1 unspecified atom stereocenters. The van der Waals surface area contributed by atoms with E-state index in [1.54, 1.807) is 32.9 Å². The summed E-state index contributed by atoms with van der Waals surface area (Å²) >= 11 is 4.26. The van der Waals surface area contributed by atoms with Gasteiger partial charge in [-0.1, -0.05) is 0 Å². The number of hydrogen-bond donors (Lipinski definition) is 3. The molecular weight excluding hydrogens is 639 g/mol. The monoisotopic (exact) mass is 661 g/mol. The summed E-state index contributed by atoms with van der Waals surface area (Å²) in [4.78, 5) is 21.5. The Hall–Kier alpha value is -1.08. The predicted molar refractivity (Wildman–Crippen MR) is 129 cm³/mol. The summed E-state index contributed by atoms with van der Waals surface area (Å²) in [5.74, 6) is 1.39. The number of nitrogens with one attached hydrogen (secondary N) is 1. The fraction of sp³-hybridized carbons (Fsp3) is 0.316. The average Bonchev–Trinajstić information content (AvgIpc) is 2.62. The van der Waals surface area contributed by atoms with Gasteiger partial charge in [0.2, 0.25) is 0 Å². The SMILES string of the molecule is CC(C)(C)OC(=O)NOP(=O)(O)CCc1cc(I)c(Oc2ccc(O)cc2)c(I)c1. The number of benzene rings is 2. The molecule has 0 aliphatic heterocycles. The molecule has 11 heteroatoms. The van der Waals surface area contributed by atoms with Crippen molar-refractivity contribution in [1.29, 1.82) is 0 Å². The minimum absolute atomic E-state index is 0.152. The zero-order valence-corrected chi connectivity index (χ0v) is 21.7. The lowest BCUT2D eigenvalue weighted by Gasteiger charge is -2.20. The summed E-state index contributed by atoms with van der Waals surface area (Å²) in [7, 11) is -4.05. The third kappa shape index (κ3) is 8.58. The van der Waals surface area contributed by atoms with Crippen LogP contribution < -0.4 is 10.2 Å². The molecule has 0 saturated heterocycles. The highest BCUT2D eigenvalue weighted by atomic mass is 127. The number of carbonyl (C=O) groups excluding carboxylic acids is 1. The molecule has 1 atom stereocenters. The van der Waals surface area contributed by atoms with Gasteiger partial charge in [-0.3, -0.25) is 4.57 Å². The van der Waals surface area contributed by atoms with E-state index in [1.165, 1.54) is 12.1 Å². The van der Waals surface area contributed by atoms with Crippen LogP contribution in [0.15, 0.2) is 36.4 Å². The van der Waals surface area contributed by atoms with E-state index in [-0.39, 0.29) is 18.3 Å². The second-order valence-corrected chi connectivity index (χ2v) is 11.5. The van der Waals surface area contributed by atoms with Crippen molar-refractivity contribution < 1.29 is 33.5 Å². The molecule has 30 heavy (non-hydrogen) atoms. The van der Waals surface area contributed by atoms with Gasteiger partial charge in [0.25, 0.3) is 0 Å². The van der Waals surface area contributed by atoms with Crippen LogP contribution in [0.1, 0.15) is 26.3 Å². The van der Waals surface area contributed by atoms with Crippen LogP contribution in [-0.2, 0) is 20.3 Å². The molecule has 0 saturated carbocycles. The van der Waals surface area contributed by atoms with E-state index in [0.717, 1.165) is 12.7 Å². The highest BCUT2D eigenvalue weighted by Crippen LogP contribution is 2.42. The second-order valence-electron chi connectivity index (χ2n) is 7.29. The van der Waals surface area contributed by atoms with Crippen LogP contribution in [0.25, 0.3) is 0 Å². The van der Waals surface area contributed by atoms with Gasteiger partial charge in [0.1, 0.15) is 17.1 Å². The van der Waals surface area contributed by atoms with Crippen molar-refractivity contribution in [2.75, 3.05) is 6.16 Å². The van der Waals surface area contributed by atoms with E-state index < -0.39 is 19.3 Å². The van der Waals surface area contributed by atoms with E-state index in [9.17, 15) is 19.4 Å². The molecule has 164 valence electrons. The number of ether oxygens (including phenoxy) is 2. The minimum Gasteiger partial charge on any atom is -0.508 e. The van der Waals surface area contributed by atoms with Crippen LogP contribution in [0.3, 0.4) is 0 Å². The maximum absolute atomic E-state index is 12.2. The first kappa shape index (κ1) is 25.2. The summed E-state index contributed by atoms with van der Waals surface area (Å²) in [6, 6.07) is 10.1. The fourth-order valence-electron chi connectivity index (χ4n) is 2.21. The Balaban J connectivity index is 1.97. The van der Waals surface area contributed by atoms with Gasteiger partial charge in [-0.2, -0.15) is 10.1 Å². The topological polar surface area (TPSA) is 114 Å². The van der Waals surface area contributed by atoms with Gasteiger partial charge >= 0.3 is 13.7 Å². The number of carbonyl (C=O) groups is 1. The molecule has 2 aromatic rings. The average molecular weight is 661 g/mol. The van der Waals surface area contributed by atoms with Crippen molar-refractivity contribution in [3.8, 4) is 17.2 Å². The number of amides is 1. The standard InChI is InChI=1S/C19H22I2NO7P/c1-19(2,3)28-18(24)22-29-30(25,26)9-8-12-10-15(20)17(16(21)11-12)27-14-6-4-13(23)5-7-14/h4-7,10-11,23H,8-9H2,1-3H3,(H,22,24)(H,25,26). The molecule has 8 nitrogen and oxygen atoms in total. The smallest absolute Gasteiger partial charge is 0.432 e. The Kier molecular flexibility index (Phi) is 8.80. The van der Waals surface area contributed by atoms with E-state index >= 15 is 0 Å². The van der Waals surface area contributed by atoms with Crippen LogP contribution >= 0.6 is 52.8 Å². The van der Waals surface area contributed by atoms with Gasteiger partial charge in [0.15, 0.2) is 5.75 Å². The second kappa shape index (κ2) is 10.5. The number of hydrogen-bond acceptors (Lipinski definition) is 6. The number of rotatable bonds is 7. The van der Waals surface area contributed by atoms with Crippen molar-refractivity contribution in [3.05, 3.63) is 49.1 Å². The number of halogens is 2. The number of aryl methyl sites for hydroxylation is 1. The van der Waals surface area contributed by atoms with Gasteiger partial charge in [0.05, 0.1) is 13.3 Å². The Morgan fingerprint density at radius 2 is 1.70 bits per heavy atom. The number of hydroxylamine groups is 1. The van der Waals surface area contributed by atoms with E-state index in [4.69, 9.17) is 9.47 Å². The first-order valence-corrected chi connectivity index (χ1v) is 12.7. The quantitative estimate of drug-likeness (QED) is 0.202. The lowest BCUT2D eigenvalue weighted by Crippen LogP contribution is -2.32. The normalized spacial score (nSPS) is 13.4. The van der Waals surface area contributed by atoms with E-state index in [2.05, 4.69) is 49.8 Å². The van der Waals surface area contributed by atoms with Crippen molar-refractivity contribution in [2.24, 2.45) is 0 Å². The van der Waals surface area contributed by atoms with Crippen molar-refractivity contribution in [3.63, 3.8) is 0 Å². The van der Waals surface area contributed by atoms with Crippen molar-refractivity contribution in [1.82, 2.24) is 5.48 Å². The fourth-order valence-corrected chi connectivity index (χ4v) is 5.18. The summed E-state index contributed by atoms with van der Waals surface area (Å²) in [5, 5.41) is 9.37. The van der Waals surface area contributed by atoms with Crippen LogP contribution in [-0.4, -0.2) is 27.9 Å². The van der Waals surface area contributed by atoms with E-state index in [0.29, 0.717) is 11.5 Å². The Bertz CT molecular complexity index is 922. The zero-order valence-electron chi connectivity index (χ0n) is 16.5. The maximum atomic E-state index is 12.2. The van der Waals surface area contributed by atoms with Crippen LogP contribution in [0.5, 0.6) is 17.2 Å². The Labute approximate surface area is 202 Å². The molecule has 0 aromatic heterocycles. The molecule has 0 aliphatic carbocycles. The van der Waals surface area contributed by atoms with Crippen LogP contribution in [0, 0.1) is 7.14 Å². The summed E-state index contributed by atoms with van der Waals surface area (Å²) in [5.41, 5.74) is 1.93. The van der Waals surface area contributed by atoms with Gasteiger partial charge in [-0.15, -0.1) is 0 Å². The van der Waals surface area contributed by atoms with Crippen LogP contribution in [0.4, 0.5) is 4.79 Å². The van der Waals surface area contributed by atoms with Gasteiger partial charge in [-0.05, 0) is 114 Å². The molecule has 2 aromatic carbocycles. The first-order chi connectivity index (χ1) is 13.8. The molecule has 0 heterocycles. The molecule has 0 aliphatic rings. The molecule has 0 bridgehead atoms. The lowest BCUT2D eigenvalue weighted by molar-refractivity contribution is 0.0262. The lowest BCUT2D eigenvalue weighted by atomic mass is 10.2. The molecule has 3 N–H and O–H groups in total. The van der Waals surface area contributed by atoms with Crippen molar-refractivity contribution in [2.45, 2.75) is 32.8 Å². The Morgan fingerprint density at radius 3 is 2.23 bits per heavy atom. The minimum atomic E-state index is -4.05. The first-order valence-electron chi connectivity index (χ1n) is 8.79. The number of aromatic hydroxyl groups is 1. The molecule has 2 rings (SSSR count). The van der Waals surface area contributed by atoms with E-state index in [1.807, 2.05) is 17.6 Å². The highest BCUT2D eigenvalue weighted by Gasteiger charge is 2.24. The van der Waals surface area contributed by atoms with Crippen LogP contribution in [0.2, 0.25) is 0 Å². The number of phenolic OH excluding ortho intramolecular Hbond substituents is 1.